The Balaban J connectivity index is 2.28. The summed E-state index contributed by atoms with van der Waals surface area (Å²) in [5.74, 6) is 1.61. The minimum absolute atomic E-state index is 0.111. The van der Waals surface area contributed by atoms with Crippen LogP contribution in [0.25, 0.3) is 0 Å². The van der Waals surface area contributed by atoms with Crippen molar-refractivity contribution in [3.63, 3.8) is 0 Å². The third-order valence-corrected chi connectivity index (χ3v) is 3.15. The van der Waals surface area contributed by atoms with E-state index in [0.29, 0.717) is 6.42 Å². The number of likely N-dealkylation sites (N-methyl/N-ethyl adjacent to an activating group) is 1. The minimum atomic E-state index is 0.111. The lowest BCUT2D eigenvalue weighted by atomic mass is 10.0. The third kappa shape index (κ3) is 3.33. The minimum Gasteiger partial charge on any atom is -0.496 e. The van der Waals surface area contributed by atoms with Gasteiger partial charge in [0.1, 0.15) is 5.75 Å². The van der Waals surface area contributed by atoms with E-state index in [4.69, 9.17) is 4.74 Å². The Morgan fingerprint density at radius 3 is 2.80 bits per heavy atom. The molecule has 1 atom stereocenters. The summed E-state index contributed by atoms with van der Waals surface area (Å²) in [4.78, 5) is 1.48. The van der Waals surface area contributed by atoms with Gasteiger partial charge in [-0.25, -0.2) is 0 Å². The largest absolute Gasteiger partial charge is 0.496 e. The van der Waals surface area contributed by atoms with Crippen LogP contribution in [0.4, 0.5) is 0 Å². The molecular formula is C14H21N5O. The molecule has 2 rings (SSSR count). The summed E-state index contributed by atoms with van der Waals surface area (Å²) >= 11 is 0. The molecule has 1 aromatic heterocycles. The average Bonchev–Trinajstić information content (AvgIpc) is 2.83. The van der Waals surface area contributed by atoms with Crippen LogP contribution >= 0.6 is 0 Å². The number of hydrogen-bond donors (Lipinski definition) is 1. The molecule has 0 aliphatic rings. The lowest BCUT2D eigenvalue weighted by molar-refractivity contribution is 0.398. The van der Waals surface area contributed by atoms with Crippen LogP contribution in [0, 0.1) is 6.92 Å². The molecule has 0 bridgehead atoms. The Morgan fingerprint density at radius 2 is 2.20 bits per heavy atom. The van der Waals surface area contributed by atoms with Gasteiger partial charge in [0, 0.05) is 18.0 Å². The summed E-state index contributed by atoms with van der Waals surface area (Å²) in [6, 6.07) is 6.34. The molecule has 0 aliphatic carbocycles. The van der Waals surface area contributed by atoms with Crippen molar-refractivity contribution in [3.05, 3.63) is 35.2 Å². The van der Waals surface area contributed by atoms with Gasteiger partial charge in [-0.2, -0.15) is 4.80 Å². The van der Waals surface area contributed by atoms with Crippen molar-refractivity contribution in [2.75, 3.05) is 13.7 Å². The fraction of sp³-hybridized carbons (Fsp3) is 0.500. The van der Waals surface area contributed by atoms with Crippen molar-refractivity contribution in [1.29, 1.82) is 0 Å². The second-order valence-corrected chi connectivity index (χ2v) is 4.75. The molecule has 0 spiro atoms. The van der Waals surface area contributed by atoms with Crippen molar-refractivity contribution < 1.29 is 4.74 Å². The van der Waals surface area contributed by atoms with Gasteiger partial charge < -0.3 is 10.1 Å². The van der Waals surface area contributed by atoms with Gasteiger partial charge in [0.25, 0.3) is 0 Å². The Hall–Kier alpha value is -1.95. The number of nitrogens with zero attached hydrogens (tertiary/aromatic N) is 4. The maximum Gasteiger partial charge on any atom is 0.176 e. The quantitative estimate of drug-likeness (QED) is 0.863. The number of tetrazole rings is 1. The van der Waals surface area contributed by atoms with Crippen LogP contribution in [0.1, 0.15) is 29.9 Å². The fourth-order valence-corrected chi connectivity index (χ4v) is 2.23. The number of nitrogens with one attached hydrogen (secondary N) is 1. The van der Waals surface area contributed by atoms with E-state index >= 15 is 0 Å². The van der Waals surface area contributed by atoms with E-state index in [1.54, 1.807) is 14.2 Å². The third-order valence-electron chi connectivity index (χ3n) is 3.15. The van der Waals surface area contributed by atoms with Crippen LogP contribution in [-0.4, -0.2) is 33.9 Å². The molecule has 6 nitrogen and oxygen atoms in total. The Morgan fingerprint density at radius 1 is 1.40 bits per heavy atom. The maximum atomic E-state index is 5.49. The van der Waals surface area contributed by atoms with E-state index in [1.807, 2.05) is 6.07 Å². The molecule has 0 amide bonds. The summed E-state index contributed by atoms with van der Waals surface area (Å²) in [6.07, 6.45) is 0.682. The summed E-state index contributed by atoms with van der Waals surface area (Å²) in [5, 5.41) is 15.6. The van der Waals surface area contributed by atoms with E-state index < -0.39 is 0 Å². The van der Waals surface area contributed by atoms with Gasteiger partial charge in [0.2, 0.25) is 0 Å². The lowest BCUT2D eigenvalue weighted by Gasteiger charge is -2.19. The smallest absolute Gasteiger partial charge is 0.176 e. The molecule has 0 saturated carbocycles. The van der Waals surface area contributed by atoms with E-state index in [1.165, 1.54) is 10.4 Å². The van der Waals surface area contributed by atoms with Crippen LogP contribution < -0.4 is 10.1 Å². The topological polar surface area (TPSA) is 64.9 Å². The Bertz CT molecular complexity index is 566. The van der Waals surface area contributed by atoms with Gasteiger partial charge in [0.05, 0.1) is 14.2 Å². The van der Waals surface area contributed by atoms with Crippen molar-refractivity contribution >= 4 is 0 Å². The Labute approximate surface area is 119 Å². The number of methoxy groups -OCH3 is 1. The molecule has 1 aromatic carbocycles. The first-order valence-corrected chi connectivity index (χ1v) is 6.74. The normalized spacial score (nSPS) is 12.4. The van der Waals surface area contributed by atoms with Gasteiger partial charge in [-0.15, -0.1) is 10.2 Å². The molecular weight excluding hydrogens is 254 g/mol. The highest BCUT2D eigenvalue weighted by atomic mass is 16.5. The van der Waals surface area contributed by atoms with E-state index in [2.05, 4.69) is 46.7 Å². The van der Waals surface area contributed by atoms with Crippen molar-refractivity contribution in [1.82, 2.24) is 25.5 Å². The monoisotopic (exact) mass is 275 g/mol. The molecule has 0 radical (unpaired) electrons. The second kappa shape index (κ2) is 6.47. The number of ether oxygens (including phenoxy) is 1. The first kappa shape index (κ1) is 14.5. The highest BCUT2D eigenvalue weighted by Gasteiger charge is 2.18. The van der Waals surface area contributed by atoms with Crippen LogP contribution in [0.3, 0.4) is 0 Å². The predicted octanol–water partition coefficient (Wildman–Crippen LogP) is 1.42. The number of benzene rings is 1. The van der Waals surface area contributed by atoms with Crippen LogP contribution in [-0.2, 0) is 13.5 Å². The molecule has 108 valence electrons. The maximum absolute atomic E-state index is 5.49. The lowest BCUT2D eigenvalue weighted by Crippen LogP contribution is -2.24. The molecule has 0 saturated heterocycles. The zero-order chi connectivity index (χ0) is 14.5. The van der Waals surface area contributed by atoms with E-state index in [9.17, 15) is 0 Å². The summed E-state index contributed by atoms with van der Waals surface area (Å²) in [5.41, 5.74) is 2.30. The number of aryl methyl sites for hydroxylation is 2. The zero-order valence-corrected chi connectivity index (χ0v) is 12.4. The second-order valence-electron chi connectivity index (χ2n) is 4.75. The molecule has 1 unspecified atom stereocenters. The van der Waals surface area contributed by atoms with Gasteiger partial charge in [0.15, 0.2) is 5.82 Å². The van der Waals surface area contributed by atoms with E-state index in [-0.39, 0.29) is 6.04 Å². The first-order valence-electron chi connectivity index (χ1n) is 6.74. The van der Waals surface area contributed by atoms with Gasteiger partial charge in [-0.1, -0.05) is 19.1 Å². The number of hydrogen-bond acceptors (Lipinski definition) is 5. The first-order chi connectivity index (χ1) is 9.63. The summed E-state index contributed by atoms with van der Waals surface area (Å²) in [7, 11) is 3.47. The molecule has 6 heteroatoms. The van der Waals surface area contributed by atoms with E-state index in [0.717, 1.165) is 23.7 Å². The highest BCUT2D eigenvalue weighted by Crippen LogP contribution is 2.28. The highest BCUT2D eigenvalue weighted by molar-refractivity contribution is 5.39. The summed E-state index contributed by atoms with van der Waals surface area (Å²) in [6.45, 7) is 5.00. The van der Waals surface area contributed by atoms with Gasteiger partial charge in [-0.3, -0.25) is 0 Å². The molecule has 1 heterocycles. The number of aromatic nitrogens is 4. The molecule has 0 fully saturated rings. The van der Waals surface area contributed by atoms with Crippen LogP contribution in [0.15, 0.2) is 18.2 Å². The van der Waals surface area contributed by atoms with Crippen molar-refractivity contribution in [2.45, 2.75) is 26.3 Å². The molecule has 20 heavy (non-hydrogen) atoms. The molecule has 2 aromatic rings. The SMILES string of the molecule is CCNC(Cc1nnn(C)n1)c1ccc(C)cc1OC. The molecule has 1 N–H and O–H groups in total. The van der Waals surface area contributed by atoms with Crippen LogP contribution in [0.5, 0.6) is 5.75 Å². The average molecular weight is 275 g/mol. The fourth-order valence-electron chi connectivity index (χ4n) is 2.23. The van der Waals surface area contributed by atoms with Crippen LogP contribution in [0.2, 0.25) is 0 Å². The van der Waals surface area contributed by atoms with Crippen molar-refractivity contribution in [2.24, 2.45) is 7.05 Å². The summed E-state index contributed by atoms with van der Waals surface area (Å²) < 4.78 is 5.49. The van der Waals surface area contributed by atoms with Gasteiger partial charge in [-0.05, 0) is 30.3 Å². The van der Waals surface area contributed by atoms with Crippen molar-refractivity contribution in [3.8, 4) is 5.75 Å². The molecule has 0 aliphatic heterocycles. The predicted molar refractivity (Wildman–Crippen MR) is 76.7 cm³/mol. The van der Waals surface area contributed by atoms with Gasteiger partial charge >= 0.3 is 0 Å². The number of rotatable bonds is 6. The zero-order valence-electron chi connectivity index (χ0n) is 12.4. The Kier molecular flexibility index (Phi) is 4.68. The standard InChI is InChI=1S/C14H21N5O/c1-5-15-12(9-14-16-18-19(3)17-14)11-7-6-10(2)8-13(11)20-4/h6-8,12,15H,5,9H2,1-4H3.